The first kappa shape index (κ1) is 13.9. The van der Waals surface area contributed by atoms with Crippen LogP contribution in [0.4, 0.5) is 8.78 Å². The van der Waals surface area contributed by atoms with Crippen molar-refractivity contribution in [2.24, 2.45) is 0 Å². The van der Waals surface area contributed by atoms with Crippen molar-refractivity contribution in [3.8, 4) is 5.75 Å². The van der Waals surface area contributed by atoms with E-state index in [0.29, 0.717) is 5.33 Å². The van der Waals surface area contributed by atoms with Gasteiger partial charge in [-0.25, -0.2) is 4.79 Å². The van der Waals surface area contributed by atoms with Gasteiger partial charge in [-0.15, -0.1) is 0 Å². The van der Waals surface area contributed by atoms with E-state index in [1.165, 1.54) is 19.2 Å². The molecular formula is C11H11BrF2O3. The fraction of sp³-hybridized carbons (Fsp3) is 0.364. The number of carbonyl (C=O) groups excluding carboxylic acids is 1. The van der Waals surface area contributed by atoms with E-state index in [1.807, 2.05) is 0 Å². The lowest BCUT2D eigenvalue weighted by molar-refractivity contribution is -0.0504. The third kappa shape index (κ3) is 3.39. The molecule has 0 spiro atoms. The molecule has 0 heterocycles. The highest BCUT2D eigenvalue weighted by atomic mass is 79.9. The topological polar surface area (TPSA) is 35.5 Å². The lowest BCUT2D eigenvalue weighted by atomic mass is 10.1. The number of hydrogen-bond donors (Lipinski definition) is 0. The van der Waals surface area contributed by atoms with Gasteiger partial charge in [0.05, 0.1) is 7.11 Å². The molecule has 3 nitrogen and oxygen atoms in total. The molecule has 0 bridgehead atoms. The number of halogens is 3. The molecule has 0 aliphatic carbocycles. The van der Waals surface area contributed by atoms with E-state index in [-0.39, 0.29) is 11.3 Å². The molecule has 0 unspecified atom stereocenters. The second kappa shape index (κ2) is 5.95. The lowest BCUT2D eigenvalue weighted by Gasteiger charge is -2.12. The van der Waals surface area contributed by atoms with E-state index in [4.69, 9.17) is 0 Å². The van der Waals surface area contributed by atoms with Crippen LogP contribution in [0.5, 0.6) is 5.75 Å². The lowest BCUT2D eigenvalue weighted by Crippen LogP contribution is -2.10. The number of alkyl halides is 3. The maximum Gasteiger partial charge on any atom is 0.387 e. The summed E-state index contributed by atoms with van der Waals surface area (Å²) in [6.45, 7) is -1.21. The Balaban J connectivity index is 3.25. The zero-order chi connectivity index (χ0) is 13.0. The van der Waals surface area contributed by atoms with Gasteiger partial charge in [0.25, 0.3) is 0 Å². The van der Waals surface area contributed by atoms with Crippen LogP contribution in [0.3, 0.4) is 0 Å². The summed E-state index contributed by atoms with van der Waals surface area (Å²) in [5, 5.41) is 0.486. The highest BCUT2D eigenvalue weighted by Gasteiger charge is 2.18. The Morgan fingerprint density at radius 3 is 2.59 bits per heavy atom. The van der Waals surface area contributed by atoms with Crippen LogP contribution in [-0.4, -0.2) is 19.7 Å². The maximum atomic E-state index is 12.2. The van der Waals surface area contributed by atoms with E-state index in [2.05, 4.69) is 25.4 Å². The molecular weight excluding hydrogens is 298 g/mol. The molecule has 0 N–H and O–H groups in total. The second-order valence-electron chi connectivity index (χ2n) is 3.28. The van der Waals surface area contributed by atoms with Crippen LogP contribution < -0.4 is 4.74 Å². The quantitative estimate of drug-likeness (QED) is 0.632. The van der Waals surface area contributed by atoms with E-state index < -0.39 is 12.6 Å². The molecule has 0 aliphatic heterocycles. The van der Waals surface area contributed by atoms with Gasteiger partial charge in [-0.2, -0.15) is 8.78 Å². The predicted octanol–water partition coefficient (Wildman–Crippen LogP) is 3.28. The Kier molecular flexibility index (Phi) is 4.86. The van der Waals surface area contributed by atoms with E-state index in [1.54, 1.807) is 6.92 Å². The van der Waals surface area contributed by atoms with Crippen LogP contribution in [0.1, 0.15) is 21.5 Å². The largest absolute Gasteiger partial charge is 0.465 e. The third-order valence-electron chi connectivity index (χ3n) is 2.20. The van der Waals surface area contributed by atoms with Crippen LogP contribution in [-0.2, 0) is 10.1 Å². The fourth-order valence-electron chi connectivity index (χ4n) is 1.34. The van der Waals surface area contributed by atoms with Crippen molar-refractivity contribution < 1.29 is 23.0 Å². The van der Waals surface area contributed by atoms with E-state index >= 15 is 0 Å². The highest BCUT2D eigenvalue weighted by Crippen LogP contribution is 2.27. The molecule has 6 heteroatoms. The number of methoxy groups -OCH3 is 1. The Morgan fingerprint density at radius 1 is 1.47 bits per heavy atom. The van der Waals surface area contributed by atoms with Gasteiger partial charge in [-0.05, 0) is 30.2 Å². The Labute approximate surface area is 106 Å². The minimum Gasteiger partial charge on any atom is -0.465 e. The molecule has 0 atom stereocenters. The first-order chi connectivity index (χ1) is 7.99. The molecule has 0 aromatic heterocycles. The number of esters is 1. The number of rotatable bonds is 4. The normalized spacial score (nSPS) is 10.5. The molecule has 0 saturated heterocycles. The van der Waals surface area contributed by atoms with Gasteiger partial charge >= 0.3 is 12.6 Å². The monoisotopic (exact) mass is 308 g/mol. The summed E-state index contributed by atoms with van der Waals surface area (Å²) in [7, 11) is 1.18. The van der Waals surface area contributed by atoms with Crippen molar-refractivity contribution in [2.75, 3.05) is 7.11 Å². The maximum absolute atomic E-state index is 12.2. The summed E-state index contributed by atoms with van der Waals surface area (Å²) >= 11 is 3.23. The average molecular weight is 309 g/mol. The smallest absolute Gasteiger partial charge is 0.387 e. The molecule has 0 fully saturated rings. The van der Waals surface area contributed by atoms with Crippen LogP contribution >= 0.6 is 15.9 Å². The molecule has 0 amide bonds. The summed E-state index contributed by atoms with van der Waals surface area (Å²) in [4.78, 5) is 11.4. The van der Waals surface area contributed by atoms with Crippen LogP contribution in [0.25, 0.3) is 0 Å². The Morgan fingerprint density at radius 2 is 2.12 bits per heavy atom. The first-order valence-corrected chi connectivity index (χ1v) is 5.84. The van der Waals surface area contributed by atoms with Gasteiger partial charge in [-0.3, -0.25) is 0 Å². The third-order valence-corrected chi connectivity index (χ3v) is 2.81. The van der Waals surface area contributed by atoms with Gasteiger partial charge in [0.15, 0.2) is 0 Å². The average Bonchev–Trinajstić information content (AvgIpc) is 2.29. The standard InChI is InChI=1S/C11H11BrF2O3/c1-6-3-8(10(15)16-2)9(17-11(13)14)4-7(6)5-12/h3-4,11H,5H2,1-2H3. The summed E-state index contributed by atoms with van der Waals surface area (Å²) < 4.78 is 33.3. The fourth-order valence-corrected chi connectivity index (χ4v) is 1.94. The number of aryl methyl sites for hydroxylation is 1. The number of hydrogen-bond acceptors (Lipinski definition) is 3. The van der Waals surface area contributed by atoms with E-state index in [9.17, 15) is 13.6 Å². The van der Waals surface area contributed by atoms with Gasteiger partial charge in [0.2, 0.25) is 0 Å². The minimum atomic E-state index is -2.98. The van der Waals surface area contributed by atoms with Gasteiger partial charge < -0.3 is 9.47 Å². The van der Waals surface area contributed by atoms with Crippen molar-refractivity contribution in [3.05, 3.63) is 28.8 Å². The van der Waals surface area contributed by atoms with Crippen molar-refractivity contribution in [2.45, 2.75) is 18.9 Å². The number of carbonyl (C=O) groups is 1. The number of ether oxygens (including phenoxy) is 2. The zero-order valence-electron chi connectivity index (χ0n) is 9.30. The van der Waals surface area contributed by atoms with Crippen molar-refractivity contribution in [1.82, 2.24) is 0 Å². The molecule has 1 rings (SSSR count). The summed E-state index contributed by atoms with van der Waals surface area (Å²) in [5.41, 5.74) is 1.56. The van der Waals surface area contributed by atoms with Gasteiger partial charge in [0.1, 0.15) is 11.3 Å². The summed E-state index contributed by atoms with van der Waals surface area (Å²) in [6.07, 6.45) is 0. The van der Waals surface area contributed by atoms with Gasteiger partial charge in [-0.1, -0.05) is 15.9 Å². The van der Waals surface area contributed by atoms with Crippen molar-refractivity contribution in [3.63, 3.8) is 0 Å². The van der Waals surface area contributed by atoms with Crippen LogP contribution in [0, 0.1) is 6.92 Å². The van der Waals surface area contributed by atoms with E-state index in [0.717, 1.165) is 11.1 Å². The van der Waals surface area contributed by atoms with Crippen molar-refractivity contribution >= 4 is 21.9 Å². The molecule has 17 heavy (non-hydrogen) atoms. The molecule has 1 aromatic rings. The van der Waals surface area contributed by atoms with Crippen LogP contribution in [0.15, 0.2) is 12.1 Å². The zero-order valence-corrected chi connectivity index (χ0v) is 10.9. The van der Waals surface area contributed by atoms with Crippen molar-refractivity contribution in [1.29, 1.82) is 0 Å². The number of benzene rings is 1. The Bertz CT molecular complexity index is 421. The Hall–Kier alpha value is -1.17. The molecule has 0 aliphatic rings. The minimum absolute atomic E-state index is 0.00463. The molecule has 94 valence electrons. The van der Waals surface area contributed by atoms with Gasteiger partial charge in [0, 0.05) is 5.33 Å². The predicted molar refractivity (Wildman–Crippen MR) is 61.8 cm³/mol. The molecule has 0 saturated carbocycles. The second-order valence-corrected chi connectivity index (χ2v) is 3.84. The molecule has 0 radical (unpaired) electrons. The molecule has 1 aromatic carbocycles. The highest BCUT2D eigenvalue weighted by molar-refractivity contribution is 9.08. The van der Waals surface area contributed by atoms with Crippen LogP contribution in [0.2, 0.25) is 0 Å². The SMILES string of the molecule is COC(=O)c1cc(C)c(CBr)cc1OC(F)F. The summed E-state index contributed by atoms with van der Waals surface area (Å²) in [6, 6.07) is 2.88. The summed E-state index contributed by atoms with van der Waals surface area (Å²) in [5.74, 6) is -0.878. The first-order valence-electron chi connectivity index (χ1n) is 4.72.